The summed E-state index contributed by atoms with van der Waals surface area (Å²) in [6.45, 7) is 11.5. The third-order valence-electron chi connectivity index (χ3n) is 4.83. The zero-order chi connectivity index (χ0) is 18.5. The number of nitrogens with one attached hydrogen (secondary N) is 1. The summed E-state index contributed by atoms with van der Waals surface area (Å²) in [4.78, 5) is 9.56. The predicted octanol–water partition coefficient (Wildman–Crippen LogP) is 1.72. The molecular formula is C19H29N7. The molecule has 7 heteroatoms. The number of hydrogen-bond donors (Lipinski definition) is 1. The van der Waals surface area contributed by atoms with E-state index in [0.717, 1.165) is 50.3 Å². The van der Waals surface area contributed by atoms with Crippen molar-refractivity contribution in [3.05, 3.63) is 41.5 Å². The number of anilines is 1. The number of hydrogen-bond acceptors (Lipinski definition) is 4. The Morgan fingerprint density at radius 2 is 1.92 bits per heavy atom. The maximum atomic E-state index is 4.78. The average Bonchev–Trinajstić information content (AvgIpc) is 2.97. The molecule has 1 aliphatic rings. The van der Waals surface area contributed by atoms with Crippen molar-refractivity contribution in [2.24, 2.45) is 12.0 Å². The van der Waals surface area contributed by atoms with Gasteiger partial charge < -0.3 is 19.7 Å². The van der Waals surface area contributed by atoms with Crippen LogP contribution in [0.3, 0.4) is 0 Å². The Morgan fingerprint density at radius 3 is 2.54 bits per heavy atom. The largest absolute Gasteiger partial charge is 0.368 e. The summed E-state index contributed by atoms with van der Waals surface area (Å²) in [5, 5.41) is 11.7. The van der Waals surface area contributed by atoms with Gasteiger partial charge in [0.2, 0.25) is 0 Å². The van der Waals surface area contributed by atoms with Crippen LogP contribution >= 0.6 is 0 Å². The van der Waals surface area contributed by atoms with Crippen LogP contribution in [0, 0.1) is 13.8 Å². The smallest absolute Gasteiger partial charge is 0.194 e. The van der Waals surface area contributed by atoms with Crippen LogP contribution in [-0.4, -0.2) is 58.3 Å². The van der Waals surface area contributed by atoms with Crippen LogP contribution in [0.4, 0.5) is 5.69 Å². The molecule has 0 spiro atoms. The van der Waals surface area contributed by atoms with E-state index in [4.69, 9.17) is 4.99 Å². The lowest BCUT2D eigenvalue weighted by molar-refractivity contribution is 0.372. The highest BCUT2D eigenvalue weighted by molar-refractivity contribution is 5.80. The summed E-state index contributed by atoms with van der Waals surface area (Å²) in [5.74, 6) is 2.75. The van der Waals surface area contributed by atoms with Crippen LogP contribution in [0.2, 0.25) is 0 Å². The molecule has 0 saturated carbocycles. The molecule has 140 valence electrons. The Kier molecular flexibility index (Phi) is 5.75. The fourth-order valence-corrected chi connectivity index (χ4v) is 3.16. The maximum Gasteiger partial charge on any atom is 0.194 e. The van der Waals surface area contributed by atoms with Gasteiger partial charge in [-0.2, -0.15) is 0 Å². The summed E-state index contributed by atoms with van der Waals surface area (Å²) in [6, 6.07) is 8.72. The van der Waals surface area contributed by atoms with Gasteiger partial charge in [-0.25, -0.2) is 4.99 Å². The molecule has 1 fully saturated rings. The minimum Gasteiger partial charge on any atom is -0.368 e. The number of rotatable bonds is 4. The van der Waals surface area contributed by atoms with Gasteiger partial charge in [0.1, 0.15) is 12.4 Å². The molecule has 2 aromatic rings. The number of aliphatic imine (C=N–C) groups is 1. The lowest BCUT2D eigenvalue weighted by Gasteiger charge is -2.37. The van der Waals surface area contributed by atoms with Gasteiger partial charge >= 0.3 is 0 Å². The van der Waals surface area contributed by atoms with Crippen molar-refractivity contribution in [1.29, 1.82) is 0 Å². The molecule has 1 saturated heterocycles. The second-order valence-corrected chi connectivity index (χ2v) is 6.71. The Balaban J connectivity index is 1.64. The van der Waals surface area contributed by atoms with Gasteiger partial charge in [0.05, 0.1) is 0 Å². The summed E-state index contributed by atoms with van der Waals surface area (Å²) >= 11 is 0. The van der Waals surface area contributed by atoms with Crippen molar-refractivity contribution in [2.45, 2.75) is 27.3 Å². The zero-order valence-electron chi connectivity index (χ0n) is 16.2. The molecule has 0 amide bonds. The molecule has 1 aliphatic heterocycles. The number of guanidine groups is 1. The SMILES string of the molecule is CCNC(=NCc1nnc(C)n1C)N1CCN(c2cccc(C)c2)CC1. The number of nitrogens with zero attached hydrogens (tertiary/aromatic N) is 6. The third kappa shape index (κ3) is 4.15. The second-order valence-electron chi connectivity index (χ2n) is 6.71. The lowest BCUT2D eigenvalue weighted by atomic mass is 10.2. The maximum absolute atomic E-state index is 4.78. The third-order valence-corrected chi connectivity index (χ3v) is 4.83. The monoisotopic (exact) mass is 355 g/mol. The van der Waals surface area contributed by atoms with E-state index in [1.54, 1.807) is 0 Å². The van der Waals surface area contributed by atoms with E-state index in [-0.39, 0.29) is 0 Å². The van der Waals surface area contributed by atoms with E-state index in [1.807, 2.05) is 18.5 Å². The van der Waals surface area contributed by atoms with Crippen LogP contribution in [0.1, 0.15) is 24.1 Å². The topological polar surface area (TPSA) is 61.6 Å². The molecule has 0 aliphatic carbocycles. The van der Waals surface area contributed by atoms with Crippen LogP contribution in [0.15, 0.2) is 29.3 Å². The van der Waals surface area contributed by atoms with Gasteiger partial charge in [-0.1, -0.05) is 12.1 Å². The van der Waals surface area contributed by atoms with Gasteiger partial charge in [0.25, 0.3) is 0 Å². The fraction of sp³-hybridized carbons (Fsp3) is 0.526. The number of benzene rings is 1. The molecule has 3 rings (SSSR count). The summed E-state index contributed by atoms with van der Waals surface area (Å²) in [6.07, 6.45) is 0. The van der Waals surface area contributed by atoms with Crippen molar-refractivity contribution >= 4 is 11.6 Å². The first kappa shape index (κ1) is 18.2. The number of aryl methyl sites for hydroxylation is 2. The highest BCUT2D eigenvalue weighted by atomic mass is 15.4. The van der Waals surface area contributed by atoms with Crippen molar-refractivity contribution in [3.63, 3.8) is 0 Å². The van der Waals surface area contributed by atoms with Crippen LogP contribution in [-0.2, 0) is 13.6 Å². The average molecular weight is 355 g/mol. The first-order valence-corrected chi connectivity index (χ1v) is 9.28. The Bertz CT molecular complexity index is 757. The first-order valence-electron chi connectivity index (χ1n) is 9.28. The van der Waals surface area contributed by atoms with Crippen molar-refractivity contribution < 1.29 is 0 Å². The molecule has 26 heavy (non-hydrogen) atoms. The van der Waals surface area contributed by atoms with E-state index in [1.165, 1.54) is 11.3 Å². The molecule has 0 atom stereocenters. The standard InChI is InChI=1S/C19H29N7/c1-5-20-19(21-14-18-23-22-16(3)24(18)4)26-11-9-25(10-12-26)17-8-6-7-15(2)13-17/h6-8,13H,5,9-12,14H2,1-4H3,(H,20,21). The summed E-state index contributed by atoms with van der Waals surface area (Å²) in [7, 11) is 1.98. The molecule has 0 unspecified atom stereocenters. The minimum atomic E-state index is 0.539. The highest BCUT2D eigenvalue weighted by Gasteiger charge is 2.20. The Labute approximate surface area is 155 Å². The van der Waals surface area contributed by atoms with E-state index in [0.29, 0.717) is 6.54 Å². The van der Waals surface area contributed by atoms with Crippen LogP contribution in [0.5, 0.6) is 0 Å². The first-order chi connectivity index (χ1) is 12.6. The molecule has 1 aromatic carbocycles. The Hall–Kier alpha value is -2.57. The molecule has 0 radical (unpaired) electrons. The lowest BCUT2D eigenvalue weighted by Crippen LogP contribution is -2.52. The summed E-state index contributed by atoms with van der Waals surface area (Å²) in [5.41, 5.74) is 2.61. The highest BCUT2D eigenvalue weighted by Crippen LogP contribution is 2.17. The van der Waals surface area contributed by atoms with Gasteiger partial charge in [0.15, 0.2) is 11.8 Å². The van der Waals surface area contributed by atoms with Crippen molar-refractivity contribution in [3.8, 4) is 0 Å². The minimum absolute atomic E-state index is 0.539. The van der Waals surface area contributed by atoms with Crippen molar-refractivity contribution in [1.82, 2.24) is 25.0 Å². The van der Waals surface area contributed by atoms with Gasteiger partial charge in [0, 0.05) is 45.5 Å². The predicted molar refractivity (Wildman–Crippen MR) is 106 cm³/mol. The van der Waals surface area contributed by atoms with Gasteiger partial charge in [-0.3, -0.25) is 0 Å². The molecule has 1 aromatic heterocycles. The molecule has 1 N–H and O–H groups in total. The van der Waals surface area contributed by atoms with Crippen LogP contribution in [0.25, 0.3) is 0 Å². The second kappa shape index (κ2) is 8.21. The molecular weight excluding hydrogens is 326 g/mol. The molecule has 2 heterocycles. The van der Waals surface area contributed by atoms with E-state index in [9.17, 15) is 0 Å². The number of aromatic nitrogens is 3. The van der Waals surface area contributed by atoms with Crippen molar-refractivity contribution in [2.75, 3.05) is 37.6 Å². The fourth-order valence-electron chi connectivity index (χ4n) is 3.16. The number of piperazine rings is 1. The van der Waals surface area contributed by atoms with E-state index < -0.39 is 0 Å². The van der Waals surface area contributed by atoms with E-state index in [2.05, 4.69) is 63.4 Å². The van der Waals surface area contributed by atoms with Gasteiger partial charge in [-0.05, 0) is 38.5 Å². The van der Waals surface area contributed by atoms with E-state index >= 15 is 0 Å². The normalized spacial score (nSPS) is 15.5. The van der Waals surface area contributed by atoms with Gasteiger partial charge in [-0.15, -0.1) is 10.2 Å². The van der Waals surface area contributed by atoms with Crippen LogP contribution < -0.4 is 10.2 Å². The molecule has 0 bridgehead atoms. The summed E-state index contributed by atoms with van der Waals surface area (Å²) < 4.78 is 1.99. The Morgan fingerprint density at radius 1 is 1.15 bits per heavy atom. The quantitative estimate of drug-likeness (QED) is 0.668. The molecule has 7 nitrogen and oxygen atoms in total. The zero-order valence-corrected chi connectivity index (χ0v) is 16.2.